The maximum Gasteiger partial charge on any atom is 0.274 e. The molecule has 3 heterocycles. The molecule has 1 fully saturated rings. The van der Waals surface area contributed by atoms with E-state index in [1.807, 2.05) is 24.3 Å². The molecule has 0 saturated carbocycles. The lowest BCUT2D eigenvalue weighted by molar-refractivity contribution is 0.0620. The van der Waals surface area contributed by atoms with Crippen LogP contribution in [0.15, 0.2) is 36.4 Å². The summed E-state index contributed by atoms with van der Waals surface area (Å²) in [6, 6.07) is 10.8. The molecule has 0 unspecified atom stereocenters. The molecule has 0 aliphatic carbocycles. The van der Waals surface area contributed by atoms with Gasteiger partial charge >= 0.3 is 0 Å². The second-order valence-electron chi connectivity index (χ2n) is 6.57. The highest BCUT2D eigenvalue weighted by Gasteiger charge is 2.25. The van der Waals surface area contributed by atoms with E-state index in [1.54, 1.807) is 17.0 Å². The van der Waals surface area contributed by atoms with Gasteiger partial charge < -0.3 is 10.6 Å². The number of hydrogen-bond acceptors (Lipinski definition) is 6. The molecule has 1 aliphatic heterocycles. The first kappa shape index (κ1) is 18.9. The van der Waals surface area contributed by atoms with Crippen molar-refractivity contribution in [1.82, 2.24) is 24.8 Å². The lowest BCUT2D eigenvalue weighted by atomic mass is 10.2. The van der Waals surface area contributed by atoms with E-state index in [1.165, 1.54) is 0 Å². The summed E-state index contributed by atoms with van der Waals surface area (Å²) in [5.74, 6) is 0.949. The van der Waals surface area contributed by atoms with Crippen LogP contribution in [0.3, 0.4) is 0 Å². The van der Waals surface area contributed by atoms with Crippen LogP contribution in [-0.2, 0) is 6.54 Å². The van der Waals surface area contributed by atoms with Gasteiger partial charge in [0, 0.05) is 31.6 Å². The quantitative estimate of drug-likeness (QED) is 0.660. The number of fused-ring (bicyclic) bond motifs is 1. The van der Waals surface area contributed by atoms with Crippen molar-refractivity contribution in [3.8, 4) is 0 Å². The largest absolute Gasteiger partial charge is 0.383 e. The fourth-order valence-electron chi connectivity index (χ4n) is 3.25. The van der Waals surface area contributed by atoms with Crippen molar-refractivity contribution >= 4 is 45.8 Å². The van der Waals surface area contributed by atoms with Gasteiger partial charge in [-0.2, -0.15) is 0 Å². The number of rotatable bonds is 3. The van der Waals surface area contributed by atoms with Crippen LogP contribution in [0.1, 0.15) is 16.3 Å². The molecule has 0 spiro atoms. The Kier molecular flexibility index (Phi) is 5.30. The smallest absolute Gasteiger partial charge is 0.274 e. The molecule has 0 bridgehead atoms. The number of pyridine rings is 1. The molecule has 3 aromatic rings. The summed E-state index contributed by atoms with van der Waals surface area (Å²) in [6.07, 6.45) is 0. The molecule has 0 atom stereocenters. The number of benzene rings is 1. The van der Waals surface area contributed by atoms with Gasteiger partial charge in [-0.3, -0.25) is 9.69 Å². The minimum absolute atomic E-state index is 0.188. The molecular weight excluding hydrogens is 399 g/mol. The number of anilines is 1. The predicted molar refractivity (Wildman–Crippen MR) is 109 cm³/mol. The summed E-state index contributed by atoms with van der Waals surface area (Å²) in [5.41, 5.74) is 7.08. The van der Waals surface area contributed by atoms with Crippen LogP contribution in [0.4, 0.5) is 5.82 Å². The Morgan fingerprint density at radius 1 is 1.00 bits per heavy atom. The predicted octanol–water partition coefficient (Wildman–Crippen LogP) is 2.87. The molecule has 1 aliphatic rings. The van der Waals surface area contributed by atoms with E-state index in [-0.39, 0.29) is 16.8 Å². The zero-order valence-corrected chi connectivity index (χ0v) is 16.5. The average Bonchev–Trinajstić information content (AvgIpc) is 2.70. The standard InChI is InChI=1S/C19H18Cl2N6O/c20-13-5-6-15(21)24-17(13)19(28)27-9-7-26(8-10-27)11-16-23-14-4-2-1-3-12(14)18(22)25-16/h1-6H,7-11H2,(H2,22,23,25). The zero-order chi connectivity index (χ0) is 19.7. The summed E-state index contributed by atoms with van der Waals surface area (Å²) in [4.78, 5) is 29.7. The van der Waals surface area contributed by atoms with Crippen LogP contribution in [0.5, 0.6) is 0 Å². The van der Waals surface area contributed by atoms with Gasteiger partial charge in [-0.15, -0.1) is 0 Å². The first-order valence-corrected chi connectivity index (χ1v) is 9.61. The second kappa shape index (κ2) is 7.87. The van der Waals surface area contributed by atoms with Crippen molar-refractivity contribution < 1.29 is 4.79 Å². The number of amides is 1. The van der Waals surface area contributed by atoms with Gasteiger partial charge in [-0.25, -0.2) is 15.0 Å². The van der Waals surface area contributed by atoms with Crippen molar-refractivity contribution in [2.75, 3.05) is 31.9 Å². The number of piperazine rings is 1. The molecule has 2 N–H and O–H groups in total. The van der Waals surface area contributed by atoms with Crippen molar-refractivity contribution in [1.29, 1.82) is 0 Å². The molecule has 28 heavy (non-hydrogen) atoms. The van der Waals surface area contributed by atoms with Crippen LogP contribution < -0.4 is 5.73 Å². The minimum Gasteiger partial charge on any atom is -0.383 e. The van der Waals surface area contributed by atoms with Gasteiger partial charge in [0.05, 0.1) is 17.1 Å². The van der Waals surface area contributed by atoms with Gasteiger partial charge in [0.25, 0.3) is 5.91 Å². The SMILES string of the molecule is Nc1nc(CN2CCN(C(=O)c3nc(Cl)ccc3Cl)CC2)nc2ccccc12. The van der Waals surface area contributed by atoms with Gasteiger partial charge in [0.1, 0.15) is 22.5 Å². The number of hydrogen-bond donors (Lipinski definition) is 1. The topological polar surface area (TPSA) is 88.2 Å². The van der Waals surface area contributed by atoms with Gasteiger partial charge in [0.2, 0.25) is 0 Å². The highest BCUT2D eigenvalue weighted by Crippen LogP contribution is 2.20. The lowest BCUT2D eigenvalue weighted by Crippen LogP contribution is -2.48. The molecular formula is C19H18Cl2N6O. The fourth-order valence-corrected chi connectivity index (χ4v) is 3.58. The third kappa shape index (κ3) is 3.87. The van der Waals surface area contributed by atoms with E-state index in [0.29, 0.717) is 49.4 Å². The van der Waals surface area contributed by atoms with Gasteiger partial charge in [-0.1, -0.05) is 35.3 Å². The monoisotopic (exact) mass is 416 g/mol. The zero-order valence-electron chi connectivity index (χ0n) is 15.0. The molecule has 1 aromatic carbocycles. The summed E-state index contributed by atoms with van der Waals surface area (Å²) >= 11 is 12.0. The van der Waals surface area contributed by atoms with Crippen LogP contribution in [0, 0.1) is 0 Å². The molecule has 2 aromatic heterocycles. The minimum atomic E-state index is -0.210. The van der Waals surface area contributed by atoms with Crippen LogP contribution in [0.25, 0.3) is 10.9 Å². The number of aromatic nitrogens is 3. The summed E-state index contributed by atoms with van der Waals surface area (Å²) in [6.45, 7) is 3.09. The fraction of sp³-hybridized carbons (Fsp3) is 0.263. The highest BCUT2D eigenvalue weighted by atomic mass is 35.5. The first-order valence-electron chi connectivity index (χ1n) is 8.86. The Morgan fingerprint density at radius 3 is 2.54 bits per heavy atom. The molecule has 9 heteroatoms. The van der Waals surface area contributed by atoms with Crippen LogP contribution >= 0.6 is 23.2 Å². The molecule has 144 valence electrons. The molecule has 0 radical (unpaired) electrons. The second-order valence-corrected chi connectivity index (χ2v) is 7.37. The van der Waals surface area contributed by atoms with E-state index in [4.69, 9.17) is 28.9 Å². The van der Waals surface area contributed by atoms with E-state index < -0.39 is 0 Å². The van der Waals surface area contributed by atoms with E-state index in [0.717, 1.165) is 10.9 Å². The molecule has 1 amide bonds. The Balaban J connectivity index is 1.42. The molecule has 4 rings (SSSR count). The number of halogens is 2. The third-order valence-electron chi connectivity index (χ3n) is 4.72. The van der Waals surface area contributed by atoms with E-state index in [9.17, 15) is 4.79 Å². The number of nitrogens with two attached hydrogens (primary N) is 1. The Labute approximate surface area is 172 Å². The van der Waals surface area contributed by atoms with Crippen molar-refractivity contribution in [2.45, 2.75) is 6.54 Å². The normalized spacial score (nSPS) is 15.1. The van der Waals surface area contributed by atoms with Crippen molar-refractivity contribution in [2.24, 2.45) is 0 Å². The number of para-hydroxylation sites is 1. The number of carbonyl (C=O) groups is 1. The highest BCUT2D eigenvalue weighted by molar-refractivity contribution is 6.34. The van der Waals surface area contributed by atoms with Gasteiger partial charge in [0.15, 0.2) is 0 Å². The summed E-state index contributed by atoms with van der Waals surface area (Å²) in [5, 5.41) is 1.40. The Bertz CT molecular complexity index is 1040. The van der Waals surface area contributed by atoms with Crippen LogP contribution in [0.2, 0.25) is 10.2 Å². The Morgan fingerprint density at radius 2 is 1.75 bits per heavy atom. The number of nitrogen functional groups attached to an aromatic ring is 1. The summed E-state index contributed by atoms with van der Waals surface area (Å²) < 4.78 is 0. The lowest BCUT2D eigenvalue weighted by Gasteiger charge is -2.34. The average molecular weight is 417 g/mol. The van der Waals surface area contributed by atoms with Crippen LogP contribution in [-0.4, -0.2) is 56.8 Å². The Hall–Kier alpha value is -2.48. The van der Waals surface area contributed by atoms with Crippen molar-refractivity contribution in [3.05, 3.63) is 58.1 Å². The molecule has 1 saturated heterocycles. The van der Waals surface area contributed by atoms with Gasteiger partial charge in [-0.05, 0) is 24.3 Å². The van der Waals surface area contributed by atoms with E-state index in [2.05, 4.69) is 19.9 Å². The van der Waals surface area contributed by atoms with Crippen molar-refractivity contribution in [3.63, 3.8) is 0 Å². The maximum atomic E-state index is 12.7. The number of carbonyl (C=O) groups excluding carboxylic acids is 1. The third-order valence-corrected chi connectivity index (χ3v) is 5.23. The first-order chi connectivity index (χ1) is 13.5. The number of nitrogens with zero attached hydrogens (tertiary/aromatic N) is 5. The summed E-state index contributed by atoms with van der Waals surface area (Å²) in [7, 11) is 0. The maximum absolute atomic E-state index is 12.7. The van der Waals surface area contributed by atoms with E-state index >= 15 is 0 Å². The molecule has 7 nitrogen and oxygen atoms in total.